The fourth-order valence-electron chi connectivity index (χ4n) is 2.92. The number of imidazole rings is 1. The molecular weight excluding hydrogens is 246 g/mol. The van der Waals surface area contributed by atoms with Crippen LogP contribution < -0.4 is 5.32 Å². The minimum atomic E-state index is 0.436. The third kappa shape index (κ3) is 2.27. The quantitative estimate of drug-likeness (QED) is 0.927. The largest absolute Gasteiger partial charge is 0.311 e. The van der Waals surface area contributed by atoms with E-state index >= 15 is 0 Å². The molecule has 0 spiro atoms. The van der Waals surface area contributed by atoms with Gasteiger partial charge in [0.25, 0.3) is 0 Å². The third-order valence-electron chi connectivity index (χ3n) is 4.01. The van der Waals surface area contributed by atoms with Gasteiger partial charge in [0, 0.05) is 36.8 Å². The Morgan fingerprint density at radius 3 is 2.95 bits per heavy atom. The first kappa shape index (κ1) is 13.4. The molecule has 0 aliphatic carbocycles. The molecular formula is C17H23N3. The van der Waals surface area contributed by atoms with E-state index in [2.05, 4.69) is 54.9 Å². The van der Waals surface area contributed by atoms with Crippen LogP contribution in [0.5, 0.6) is 0 Å². The summed E-state index contributed by atoms with van der Waals surface area (Å²) in [5.41, 5.74) is 5.26. The van der Waals surface area contributed by atoms with Gasteiger partial charge in [-0.3, -0.25) is 0 Å². The Bertz CT molecular complexity index is 611. The summed E-state index contributed by atoms with van der Waals surface area (Å²) in [6, 6.07) is 8.86. The van der Waals surface area contributed by atoms with Crippen molar-refractivity contribution < 1.29 is 0 Å². The number of aryl methyl sites for hydroxylation is 1. The highest BCUT2D eigenvalue weighted by Gasteiger charge is 2.22. The van der Waals surface area contributed by atoms with E-state index in [9.17, 15) is 0 Å². The number of rotatable bonds is 3. The van der Waals surface area contributed by atoms with Gasteiger partial charge in [0.2, 0.25) is 0 Å². The first-order chi connectivity index (χ1) is 9.70. The fourth-order valence-corrected chi connectivity index (χ4v) is 2.92. The molecule has 0 saturated carbocycles. The van der Waals surface area contributed by atoms with Crippen molar-refractivity contribution in [3.63, 3.8) is 0 Å². The second-order valence-electron chi connectivity index (χ2n) is 5.80. The van der Waals surface area contributed by atoms with E-state index in [1.54, 1.807) is 0 Å². The van der Waals surface area contributed by atoms with Crippen LogP contribution in [0, 0.1) is 0 Å². The van der Waals surface area contributed by atoms with Crippen molar-refractivity contribution in [3.05, 3.63) is 47.0 Å². The van der Waals surface area contributed by atoms with Crippen molar-refractivity contribution in [3.8, 4) is 5.69 Å². The standard InChI is InChI=1S/C17H23N3/c1-4-13-6-5-7-14(10-13)20-16-8-9-18-11-15(16)19-17(20)12(2)3/h5-7,10,12,18H,4,8-9,11H2,1-3H3. The Morgan fingerprint density at radius 2 is 2.20 bits per heavy atom. The molecule has 0 bridgehead atoms. The molecule has 2 aromatic rings. The molecule has 1 aliphatic rings. The average Bonchev–Trinajstić information content (AvgIpc) is 2.87. The highest BCUT2D eigenvalue weighted by atomic mass is 15.1. The first-order valence-corrected chi connectivity index (χ1v) is 7.61. The van der Waals surface area contributed by atoms with E-state index in [-0.39, 0.29) is 0 Å². The van der Waals surface area contributed by atoms with Gasteiger partial charge in [-0.15, -0.1) is 0 Å². The van der Waals surface area contributed by atoms with E-state index < -0.39 is 0 Å². The van der Waals surface area contributed by atoms with Crippen LogP contribution in [-0.2, 0) is 19.4 Å². The summed E-state index contributed by atoms with van der Waals surface area (Å²) in [6.07, 6.45) is 2.13. The lowest BCUT2D eigenvalue weighted by Crippen LogP contribution is -2.24. The summed E-state index contributed by atoms with van der Waals surface area (Å²) in [4.78, 5) is 4.88. The molecule has 1 aromatic carbocycles. The minimum absolute atomic E-state index is 0.436. The van der Waals surface area contributed by atoms with Gasteiger partial charge in [0.05, 0.1) is 5.69 Å². The van der Waals surface area contributed by atoms with E-state index in [0.717, 1.165) is 25.9 Å². The van der Waals surface area contributed by atoms with Crippen LogP contribution >= 0.6 is 0 Å². The predicted octanol–water partition coefficient (Wildman–Crippen LogP) is 3.20. The summed E-state index contributed by atoms with van der Waals surface area (Å²) < 4.78 is 2.39. The van der Waals surface area contributed by atoms with Crippen LogP contribution in [0.15, 0.2) is 24.3 Å². The van der Waals surface area contributed by atoms with Gasteiger partial charge in [-0.2, -0.15) is 0 Å². The van der Waals surface area contributed by atoms with Crippen LogP contribution in [0.3, 0.4) is 0 Å². The van der Waals surface area contributed by atoms with Crippen LogP contribution in [0.1, 0.15) is 49.5 Å². The highest BCUT2D eigenvalue weighted by molar-refractivity contribution is 5.41. The van der Waals surface area contributed by atoms with E-state index in [1.165, 1.54) is 28.5 Å². The SMILES string of the molecule is CCc1cccc(-n2c(C(C)C)nc3c2CCNC3)c1. The van der Waals surface area contributed by atoms with E-state index in [4.69, 9.17) is 4.98 Å². The monoisotopic (exact) mass is 269 g/mol. The Balaban J connectivity index is 2.17. The topological polar surface area (TPSA) is 29.9 Å². The summed E-state index contributed by atoms with van der Waals surface area (Å²) in [7, 11) is 0. The summed E-state index contributed by atoms with van der Waals surface area (Å²) in [6.45, 7) is 8.59. The van der Waals surface area contributed by atoms with Gasteiger partial charge < -0.3 is 9.88 Å². The first-order valence-electron chi connectivity index (χ1n) is 7.61. The van der Waals surface area contributed by atoms with Crippen molar-refractivity contribution in [2.75, 3.05) is 6.54 Å². The molecule has 3 nitrogen and oxygen atoms in total. The van der Waals surface area contributed by atoms with Crippen LogP contribution in [-0.4, -0.2) is 16.1 Å². The number of aromatic nitrogens is 2. The molecule has 20 heavy (non-hydrogen) atoms. The zero-order chi connectivity index (χ0) is 14.1. The zero-order valence-electron chi connectivity index (χ0n) is 12.6. The Morgan fingerprint density at radius 1 is 1.35 bits per heavy atom. The molecule has 3 rings (SSSR count). The zero-order valence-corrected chi connectivity index (χ0v) is 12.6. The number of hydrogen-bond acceptors (Lipinski definition) is 2. The normalized spacial score (nSPS) is 14.6. The smallest absolute Gasteiger partial charge is 0.116 e. The van der Waals surface area contributed by atoms with E-state index in [0.29, 0.717) is 5.92 Å². The van der Waals surface area contributed by atoms with Crippen molar-refractivity contribution in [1.82, 2.24) is 14.9 Å². The average molecular weight is 269 g/mol. The van der Waals surface area contributed by atoms with Gasteiger partial charge in [0.15, 0.2) is 0 Å². The Kier molecular flexibility index (Phi) is 3.62. The Hall–Kier alpha value is -1.61. The molecule has 2 heterocycles. The lowest BCUT2D eigenvalue weighted by atomic mass is 10.1. The van der Waals surface area contributed by atoms with Gasteiger partial charge in [-0.1, -0.05) is 32.9 Å². The van der Waals surface area contributed by atoms with Crippen molar-refractivity contribution in [1.29, 1.82) is 0 Å². The summed E-state index contributed by atoms with van der Waals surface area (Å²) in [5, 5.41) is 3.42. The van der Waals surface area contributed by atoms with Crippen LogP contribution in [0.4, 0.5) is 0 Å². The summed E-state index contributed by atoms with van der Waals surface area (Å²) in [5.74, 6) is 1.62. The molecule has 0 amide bonds. The number of fused-ring (bicyclic) bond motifs is 1. The highest BCUT2D eigenvalue weighted by Crippen LogP contribution is 2.26. The Labute approximate surface area is 121 Å². The molecule has 0 saturated heterocycles. The molecule has 3 heteroatoms. The van der Waals surface area contributed by atoms with E-state index in [1.807, 2.05) is 0 Å². The van der Waals surface area contributed by atoms with Gasteiger partial charge in [-0.25, -0.2) is 4.98 Å². The fraction of sp³-hybridized carbons (Fsp3) is 0.471. The molecule has 0 fully saturated rings. The second kappa shape index (κ2) is 5.41. The molecule has 1 aliphatic heterocycles. The molecule has 0 atom stereocenters. The summed E-state index contributed by atoms with van der Waals surface area (Å²) >= 11 is 0. The number of hydrogen-bond donors (Lipinski definition) is 1. The van der Waals surface area contributed by atoms with Crippen LogP contribution in [0.25, 0.3) is 5.69 Å². The lowest BCUT2D eigenvalue weighted by molar-refractivity contribution is 0.619. The minimum Gasteiger partial charge on any atom is -0.311 e. The number of nitrogens with one attached hydrogen (secondary N) is 1. The van der Waals surface area contributed by atoms with Crippen molar-refractivity contribution in [2.45, 2.75) is 46.1 Å². The maximum absolute atomic E-state index is 4.88. The van der Waals surface area contributed by atoms with Gasteiger partial charge in [-0.05, 0) is 24.1 Å². The van der Waals surface area contributed by atoms with Gasteiger partial charge >= 0.3 is 0 Å². The predicted molar refractivity (Wildman–Crippen MR) is 82.4 cm³/mol. The van der Waals surface area contributed by atoms with Crippen molar-refractivity contribution >= 4 is 0 Å². The van der Waals surface area contributed by atoms with Gasteiger partial charge in [0.1, 0.15) is 5.82 Å². The molecule has 106 valence electrons. The molecule has 0 radical (unpaired) electrons. The van der Waals surface area contributed by atoms with Crippen LogP contribution in [0.2, 0.25) is 0 Å². The van der Waals surface area contributed by atoms with Crippen molar-refractivity contribution in [2.24, 2.45) is 0 Å². The third-order valence-corrected chi connectivity index (χ3v) is 4.01. The lowest BCUT2D eigenvalue weighted by Gasteiger charge is -2.17. The molecule has 0 unspecified atom stereocenters. The number of nitrogens with zero attached hydrogens (tertiary/aromatic N) is 2. The number of benzene rings is 1. The molecule has 1 N–H and O–H groups in total. The molecule has 1 aromatic heterocycles. The maximum atomic E-state index is 4.88. The maximum Gasteiger partial charge on any atom is 0.116 e. The second-order valence-corrected chi connectivity index (χ2v) is 5.80.